The maximum Gasteiger partial charge on any atom is 0.336 e. The highest BCUT2D eigenvalue weighted by molar-refractivity contribution is 5.99. The number of carbonyl (C=O) groups excluding carboxylic acids is 1. The highest BCUT2D eigenvalue weighted by Gasteiger charge is 2.35. The number of hydrogen-bond acceptors (Lipinski definition) is 3. The summed E-state index contributed by atoms with van der Waals surface area (Å²) < 4.78 is 0. The summed E-state index contributed by atoms with van der Waals surface area (Å²) in [6.07, 6.45) is 1.54. The Kier molecular flexibility index (Phi) is 3.68. The van der Waals surface area contributed by atoms with Crippen molar-refractivity contribution in [1.82, 2.24) is 5.32 Å². The predicted octanol–water partition coefficient (Wildman–Crippen LogP) is 1.52. The fourth-order valence-electron chi connectivity index (χ4n) is 3.39. The number of nitrogens with zero attached hydrogens (tertiary/aromatic N) is 1. The van der Waals surface area contributed by atoms with Crippen LogP contribution >= 0.6 is 0 Å². The average Bonchev–Trinajstić information content (AvgIpc) is 2.91. The molecule has 2 aliphatic rings. The molecule has 1 saturated heterocycles. The first-order valence-electron chi connectivity index (χ1n) is 7.47. The molecule has 21 heavy (non-hydrogen) atoms. The number of aromatic carboxylic acids is 1. The molecule has 1 aromatic rings. The Morgan fingerprint density at radius 2 is 2.14 bits per heavy atom. The molecule has 0 unspecified atom stereocenters. The molecule has 1 aromatic carbocycles. The third-order valence-corrected chi connectivity index (χ3v) is 4.58. The number of anilines is 1. The molecule has 0 spiro atoms. The van der Waals surface area contributed by atoms with Crippen molar-refractivity contribution in [2.45, 2.75) is 19.8 Å². The lowest BCUT2D eigenvalue weighted by Gasteiger charge is -2.33. The Balaban J connectivity index is 1.95. The number of carboxylic acid groups (broad SMARTS) is 1. The standard InChI is InChI=1S/C16H20N2O3/c1-10-8-17-9-13(10)15(19)18-7-3-5-11-12(16(20)21)4-2-6-14(11)18/h2,4,6,10,13,17H,3,5,7-9H2,1H3,(H,20,21)/t10-,13-/m1/s1. The molecular weight excluding hydrogens is 268 g/mol. The summed E-state index contributed by atoms with van der Waals surface area (Å²) in [5.41, 5.74) is 1.90. The minimum Gasteiger partial charge on any atom is -0.478 e. The maximum atomic E-state index is 12.8. The molecule has 0 aliphatic carbocycles. The van der Waals surface area contributed by atoms with Crippen molar-refractivity contribution in [3.05, 3.63) is 29.3 Å². The number of hydrogen-bond donors (Lipinski definition) is 2. The lowest BCUT2D eigenvalue weighted by molar-refractivity contribution is -0.122. The first kappa shape index (κ1) is 14.1. The van der Waals surface area contributed by atoms with Crippen molar-refractivity contribution in [2.75, 3.05) is 24.5 Å². The zero-order valence-electron chi connectivity index (χ0n) is 12.1. The highest BCUT2D eigenvalue weighted by Crippen LogP contribution is 2.32. The van der Waals surface area contributed by atoms with Gasteiger partial charge in [-0.05, 0) is 43.0 Å². The van der Waals surface area contributed by atoms with Gasteiger partial charge in [0, 0.05) is 18.8 Å². The smallest absolute Gasteiger partial charge is 0.336 e. The summed E-state index contributed by atoms with van der Waals surface area (Å²) in [6, 6.07) is 5.21. The van der Waals surface area contributed by atoms with Crippen LogP contribution in [-0.4, -0.2) is 36.6 Å². The highest BCUT2D eigenvalue weighted by atomic mass is 16.4. The molecule has 112 valence electrons. The summed E-state index contributed by atoms with van der Waals surface area (Å²) in [7, 11) is 0. The van der Waals surface area contributed by atoms with Crippen LogP contribution in [0.5, 0.6) is 0 Å². The molecule has 5 heteroatoms. The van der Waals surface area contributed by atoms with Crippen LogP contribution in [0, 0.1) is 11.8 Å². The van der Waals surface area contributed by atoms with E-state index in [-0.39, 0.29) is 11.8 Å². The van der Waals surface area contributed by atoms with E-state index in [1.165, 1.54) is 0 Å². The Morgan fingerprint density at radius 3 is 2.81 bits per heavy atom. The fraction of sp³-hybridized carbons (Fsp3) is 0.500. The molecule has 0 saturated carbocycles. The number of benzene rings is 1. The Morgan fingerprint density at radius 1 is 1.33 bits per heavy atom. The number of carbonyl (C=O) groups is 2. The van der Waals surface area contributed by atoms with Gasteiger partial charge < -0.3 is 15.3 Å². The summed E-state index contributed by atoms with van der Waals surface area (Å²) in [6.45, 7) is 4.34. The summed E-state index contributed by atoms with van der Waals surface area (Å²) in [5, 5.41) is 12.6. The largest absolute Gasteiger partial charge is 0.478 e. The average molecular weight is 288 g/mol. The van der Waals surface area contributed by atoms with E-state index in [9.17, 15) is 14.7 Å². The summed E-state index contributed by atoms with van der Waals surface area (Å²) in [4.78, 5) is 25.9. The Labute approximate surface area is 123 Å². The second-order valence-electron chi connectivity index (χ2n) is 5.94. The quantitative estimate of drug-likeness (QED) is 0.865. The molecule has 2 heterocycles. The van der Waals surface area contributed by atoms with Crippen molar-refractivity contribution < 1.29 is 14.7 Å². The molecule has 0 radical (unpaired) electrons. The first-order chi connectivity index (χ1) is 10.1. The number of fused-ring (bicyclic) bond motifs is 1. The molecule has 0 aromatic heterocycles. The lowest BCUT2D eigenvalue weighted by atomic mass is 9.92. The summed E-state index contributed by atoms with van der Waals surface area (Å²) >= 11 is 0. The minimum atomic E-state index is -0.919. The normalized spacial score (nSPS) is 24.7. The van der Waals surface area contributed by atoms with Gasteiger partial charge in [-0.3, -0.25) is 4.79 Å². The number of amides is 1. The van der Waals surface area contributed by atoms with E-state index in [1.54, 1.807) is 17.0 Å². The van der Waals surface area contributed by atoms with E-state index in [0.717, 1.165) is 30.6 Å². The zero-order chi connectivity index (χ0) is 15.0. The fourth-order valence-corrected chi connectivity index (χ4v) is 3.39. The SMILES string of the molecule is C[C@@H]1CNC[C@H]1C(=O)N1CCCc2c(C(=O)O)cccc21. The van der Waals surface area contributed by atoms with E-state index >= 15 is 0 Å². The van der Waals surface area contributed by atoms with Crippen molar-refractivity contribution in [2.24, 2.45) is 11.8 Å². The Hall–Kier alpha value is -1.88. The van der Waals surface area contributed by atoms with Crippen LogP contribution in [0.3, 0.4) is 0 Å². The van der Waals surface area contributed by atoms with Gasteiger partial charge in [-0.1, -0.05) is 13.0 Å². The number of nitrogens with one attached hydrogen (secondary N) is 1. The molecule has 3 rings (SSSR count). The number of rotatable bonds is 2. The molecule has 2 N–H and O–H groups in total. The van der Waals surface area contributed by atoms with E-state index in [4.69, 9.17) is 0 Å². The summed E-state index contributed by atoms with van der Waals surface area (Å²) in [5.74, 6) is -0.483. The van der Waals surface area contributed by atoms with E-state index in [2.05, 4.69) is 12.2 Å². The van der Waals surface area contributed by atoms with Crippen LogP contribution in [-0.2, 0) is 11.2 Å². The van der Waals surface area contributed by atoms with Gasteiger partial charge in [0.05, 0.1) is 11.5 Å². The van der Waals surface area contributed by atoms with Crippen LogP contribution in [0.2, 0.25) is 0 Å². The van der Waals surface area contributed by atoms with E-state index in [1.807, 2.05) is 6.07 Å². The lowest BCUT2D eigenvalue weighted by Crippen LogP contribution is -2.42. The molecule has 2 aliphatic heterocycles. The third-order valence-electron chi connectivity index (χ3n) is 4.58. The van der Waals surface area contributed by atoms with Crippen molar-refractivity contribution in [3.8, 4) is 0 Å². The Bertz CT molecular complexity index is 585. The minimum absolute atomic E-state index is 0.00978. The van der Waals surface area contributed by atoms with Gasteiger partial charge in [0.15, 0.2) is 0 Å². The van der Waals surface area contributed by atoms with Crippen LogP contribution in [0.1, 0.15) is 29.3 Å². The molecule has 2 atom stereocenters. The zero-order valence-corrected chi connectivity index (χ0v) is 12.1. The second kappa shape index (κ2) is 5.48. The van der Waals surface area contributed by atoms with Gasteiger partial charge in [0.25, 0.3) is 0 Å². The van der Waals surface area contributed by atoms with Gasteiger partial charge in [-0.15, -0.1) is 0 Å². The molecule has 1 fully saturated rings. The molecule has 0 bridgehead atoms. The topological polar surface area (TPSA) is 69.6 Å². The first-order valence-corrected chi connectivity index (χ1v) is 7.47. The maximum absolute atomic E-state index is 12.8. The third kappa shape index (κ3) is 2.42. The van der Waals surface area contributed by atoms with Crippen LogP contribution in [0.25, 0.3) is 0 Å². The van der Waals surface area contributed by atoms with Crippen molar-refractivity contribution in [1.29, 1.82) is 0 Å². The molecule has 1 amide bonds. The van der Waals surface area contributed by atoms with E-state index < -0.39 is 5.97 Å². The molecular formula is C16H20N2O3. The van der Waals surface area contributed by atoms with Crippen LogP contribution < -0.4 is 10.2 Å². The predicted molar refractivity (Wildman–Crippen MR) is 79.6 cm³/mol. The van der Waals surface area contributed by atoms with Gasteiger partial charge in [-0.25, -0.2) is 4.79 Å². The monoisotopic (exact) mass is 288 g/mol. The molecule has 5 nitrogen and oxygen atoms in total. The van der Waals surface area contributed by atoms with E-state index in [0.29, 0.717) is 24.6 Å². The van der Waals surface area contributed by atoms with Gasteiger partial charge in [-0.2, -0.15) is 0 Å². The number of carboxylic acids is 1. The van der Waals surface area contributed by atoms with Gasteiger partial charge >= 0.3 is 5.97 Å². The second-order valence-corrected chi connectivity index (χ2v) is 5.94. The van der Waals surface area contributed by atoms with Crippen molar-refractivity contribution >= 4 is 17.6 Å². The van der Waals surface area contributed by atoms with Crippen molar-refractivity contribution in [3.63, 3.8) is 0 Å². The van der Waals surface area contributed by atoms with Crippen LogP contribution in [0.15, 0.2) is 18.2 Å². The van der Waals surface area contributed by atoms with Crippen LogP contribution in [0.4, 0.5) is 5.69 Å². The van der Waals surface area contributed by atoms with Gasteiger partial charge in [0.2, 0.25) is 5.91 Å². The van der Waals surface area contributed by atoms with Gasteiger partial charge in [0.1, 0.15) is 0 Å².